The number of pyridine rings is 1. The lowest BCUT2D eigenvalue weighted by Gasteiger charge is -2.02. The van der Waals surface area contributed by atoms with Gasteiger partial charge in [-0.1, -0.05) is 5.16 Å². The number of aryl methyl sites for hydroxylation is 1. The number of ether oxygens (including phenoxy) is 1. The SMILES string of the molecule is c1cc(CCCOCc2cc(CNC3CC3)no2)ccn1. The van der Waals surface area contributed by atoms with Crippen molar-refractivity contribution in [3.8, 4) is 0 Å². The summed E-state index contributed by atoms with van der Waals surface area (Å²) < 4.78 is 10.9. The van der Waals surface area contributed by atoms with Gasteiger partial charge in [-0.3, -0.25) is 4.98 Å². The first-order chi connectivity index (χ1) is 10.4. The summed E-state index contributed by atoms with van der Waals surface area (Å²) in [6.45, 7) is 2.00. The first-order valence-electron chi connectivity index (χ1n) is 7.54. The fourth-order valence-corrected chi connectivity index (χ4v) is 2.14. The van der Waals surface area contributed by atoms with Crippen LogP contribution in [0.2, 0.25) is 0 Å². The van der Waals surface area contributed by atoms with Gasteiger partial charge in [0.15, 0.2) is 5.76 Å². The summed E-state index contributed by atoms with van der Waals surface area (Å²) in [7, 11) is 0. The van der Waals surface area contributed by atoms with Crippen molar-refractivity contribution in [3.63, 3.8) is 0 Å². The van der Waals surface area contributed by atoms with Crippen molar-refractivity contribution in [3.05, 3.63) is 47.6 Å². The minimum absolute atomic E-state index is 0.493. The maximum absolute atomic E-state index is 5.62. The number of rotatable bonds is 9. The number of hydrogen-bond donors (Lipinski definition) is 1. The molecule has 0 saturated heterocycles. The normalized spacial score (nSPS) is 14.5. The summed E-state index contributed by atoms with van der Waals surface area (Å²) in [6, 6.07) is 6.73. The smallest absolute Gasteiger partial charge is 0.162 e. The molecule has 2 aromatic rings. The van der Waals surface area contributed by atoms with Crippen LogP contribution in [0.3, 0.4) is 0 Å². The van der Waals surface area contributed by atoms with Gasteiger partial charge in [0, 0.05) is 37.7 Å². The van der Waals surface area contributed by atoms with Gasteiger partial charge in [0.25, 0.3) is 0 Å². The van der Waals surface area contributed by atoms with Crippen LogP contribution < -0.4 is 5.32 Å². The van der Waals surface area contributed by atoms with E-state index in [2.05, 4.69) is 15.5 Å². The van der Waals surface area contributed by atoms with Gasteiger partial charge in [-0.15, -0.1) is 0 Å². The Morgan fingerprint density at radius 1 is 1.29 bits per heavy atom. The molecule has 0 spiro atoms. The molecular weight excluding hydrogens is 266 g/mol. The molecule has 1 N–H and O–H groups in total. The Bertz CT molecular complexity index is 537. The molecule has 5 nitrogen and oxygen atoms in total. The van der Waals surface area contributed by atoms with Crippen molar-refractivity contribution >= 4 is 0 Å². The van der Waals surface area contributed by atoms with Gasteiger partial charge in [0.05, 0.1) is 5.69 Å². The molecule has 0 radical (unpaired) electrons. The van der Waals surface area contributed by atoms with Gasteiger partial charge in [0.2, 0.25) is 0 Å². The van der Waals surface area contributed by atoms with E-state index in [1.807, 2.05) is 30.6 Å². The summed E-state index contributed by atoms with van der Waals surface area (Å²) in [5, 5.41) is 7.45. The summed E-state index contributed by atoms with van der Waals surface area (Å²) in [4.78, 5) is 4.01. The summed E-state index contributed by atoms with van der Waals surface area (Å²) >= 11 is 0. The van der Waals surface area contributed by atoms with Gasteiger partial charge in [-0.05, 0) is 43.4 Å². The summed E-state index contributed by atoms with van der Waals surface area (Å²) in [5.41, 5.74) is 2.25. The van der Waals surface area contributed by atoms with Crippen molar-refractivity contribution in [2.45, 2.75) is 44.9 Å². The van der Waals surface area contributed by atoms with Crippen LogP contribution in [-0.2, 0) is 24.3 Å². The molecule has 0 unspecified atom stereocenters. The molecule has 0 aromatic carbocycles. The lowest BCUT2D eigenvalue weighted by molar-refractivity contribution is 0.0992. The van der Waals surface area contributed by atoms with E-state index in [-0.39, 0.29) is 0 Å². The molecule has 112 valence electrons. The van der Waals surface area contributed by atoms with E-state index in [4.69, 9.17) is 9.26 Å². The molecule has 1 fully saturated rings. The molecule has 0 aliphatic heterocycles. The molecule has 0 bridgehead atoms. The molecule has 2 heterocycles. The van der Waals surface area contributed by atoms with Crippen molar-refractivity contribution < 1.29 is 9.26 Å². The van der Waals surface area contributed by atoms with Crippen LogP contribution in [-0.4, -0.2) is 22.8 Å². The standard InChI is InChI=1S/C16H21N3O2/c1(2-13-5-7-17-8-6-13)9-20-12-16-10-15(19-21-16)11-18-14-3-4-14/h5-8,10,14,18H,1-4,9,11-12H2. The van der Waals surface area contributed by atoms with E-state index in [0.717, 1.165) is 37.4 Å². The molecule has 1 saturated carbocycles. The Labute approximate surface area is 124 Å². The first kappa shape index (κ1) is 14.2. The average molecular weight is 287 g/mol. The Morgan fingerprint density at radius 3 is 2.95 bits per heavy atom. The van der Waals surface area contributed by atoms with Crippen molar-refractivity contribution in [1.29, 1.82) is 0 Å². The third-order valence-electron chi connectivity index (χ3n) is 3.50. The van der Waals surface area contributed by atoms with Gasteiger partial charge in [-0.2, -0.15) is 0 Å². The Balaban J connectivity index is 1.30. The predicted octanol–water partition coefficient (Wildman–Crippen LogP) is 2.47. The number of nitrogens with zero attached hydrogens (tertiary/aromatic N) is 2. The van der Waals surface area contributed by atoms with Gasteiger partial charge >= 0.3 is 0 Å². The van der Waals surface area contributed by atoms with E-state index in [0.29, 0.717) is 12.6 Å². The zero-order chi connectivity index (χ0) is 14.3. The van der Waals surface area contributed by atoms with Gasteiger partial charge < -0.3 is 14.6 Å². The predicted molar refractivity (Wildman–Crippen MR) is 78.6 cm³/mol. The van der Waals surface area contributed by atoms with Gasteiger partial charge in [0.1, 0.15) is 6.61 Å². The summed E-state index contributed by atoms with van der Waals surface area (Å²) in [5.74, 6) is 0.798. The Kier molecular flexibility index (Phi) is 4.97. The van der Waals surface area contributed by atoms with E-state index in [9.17, 15) is 0 Å². The van der Waals surface area contributed by atoms with E-state index in [1.54, 1.807) is 0 Å². The molecule has 3 rings (SSSR count). The van der Waals surface area contributed by atoms with Crippen LogP contribution in [0.5, 0.6) is 0 Å². The molecule has 1 aliphatic rings. The third-order valence-corrected chi connectivity index (χ3v) is 3.50. The highest BCUT2D eigenvalue weighted by Gasteiger charge is 2.20. The first-order valence-corrected chi connectivity index (χ1v) is 7.54. The van der Waals surface area contributed by atoms with Crippen molar-refractivity contribution in [2.24, 2.45) is 0 Å². The number of hydrogen-bond acceptors (Lipinski definition) is 5. The lowest BCUT2D eigenvalue weighted by Crippen LogP contribution is -2.15. The van der Waals surface area contributed by atoms with Crippen LogP contribution in [0, 0.1) is 0 Å². The average Bonchev–Trinajstić information content (AvgIpc) is 3.25. The van der Waals surface area contributed by atoms with E-state index in [1.165, 1.54) is 18.4 Å². The third kappa shape index (κ3) is 4.95. The molecule has 0 atom stereocenters. The highest BCUT2D eigenvalue weighted by Crippen LogP contribution is 2.19. The second-order valence-electron chi connectivity index (χ2n) is 5.45. The van der Waals surface area contributed by atoms with Crippen LogP contribution in [0.25, 0.3) is 0 Å². The monoisotopic (exact) mass is 287 g/mol. The molecule has 2 aromatic heterocycles. The topological polar surface area (TPSA) is 60.2 Å². The van der Waals surface area contributed by atoms with Crippen LogP contribution in [0.1, 0.15) is 36.3 Å². The highest BCUT2D eigenvalue weighted by molar-refractivity contribution is 5.09. The minimum Gasteiger partial charge on any atom is -0.373 e. The van der Waals surface area contributed by atoms with Crippen molar-refractivity contribution in [2.75, 3.05) is 6.61 Å². The zero-order valence-electron chi connectivity index (χ0n) is 12.1. The Hall–Kier alpha value is -1.72. The van der Waals surface area contributed by atoms with Crippen LogP contribution in [0.15, 0.2) is 35.1 Å². The van der Waals surface area contributed by atoms with E-state index >= 15 is 0 Å². The number of aromatic nitrogens is 2. The largest absolute Gasteiger partial charge is 0.373 e. The zero-order valence-corrected chi connectivity index (χ0v) is 12.1. The van der Waals surface area contributed by atoms with Gasteiger partial charge in [-0.25, -0.2) is 0 Å². The highest BCUT2D eigenvalue weighted by atomic mass is 16.5. The quantitative estimate of drug-likeness (QED) is 0.718. The second-order valence-corrected chi connectivity index (χ2v) is 5.45. The maximum Gasteiger partial charge on any atom is 0.162 e. The molecule has 1 aliphatic carbocycles. The maximum atomic E-state index is 5.62. The second kappa shape index (κ2) is 7.33. The molecule has 21 heavy (non-hydrogen) atoms. The van der Waals surface area contributed by atoms with Crippen LogP contribution in [0.4, 0.5) is 0 Å². The lowest BCUT2D eigenvalue weighted by atomic mass is 10.1. The minimum atomic E-state index is 0.493. The fourth-order valence-electron chi connectivity index (χ4n) is 2.14. The van der Waals surface area contributed by atoms with E-state index < -0.39 is 0 Å². The summed E-state index contributed by atoms with van der Waals surface area (Å²) in [6.07, 6.45) is 8.21. The number of nitrogens with one attached hydrogen (secondary N) is 1. The molecule has 5 heteroatoms. The van der Waals surface area contributed by atoms with Crippen molar-refractivity contribution in [1.82, 2.24) is 15.5 Å². The Morgan fingerprint density at radius 2 is 2.14 bits per heavy atom. The molecule has 0 amide bonds. The van der Waals surface area contributed by atoms with Crippen LogP contribution >= 0.6 is 0 Å². The fraction of sp³-hybridized carbons (Fsp3) is 0.500. The molecular formula is C16H21N3O2.